The van der Waals surface area contributed by atoms with Crippen molar-refractivity contribution in [2.45, 2.75) is 50.7 Å². The van der Waals surface area contributed by atoms with Crippen LogP contribution >= 0.6 is 0 Å². The molecule has 0 bridgehead atoms. The molecule has 0 amide bonds. The lowest BCUT2D eigenvalue weighted by Crippen LogP contribution is -2.49. The van der Waals surface area contributed by atoms with Gasteiger partial charge in [0.25, 0.3) is 0 Å². The first kappa shape index (κ1) is 14.4. The van der Waals surface area contributed by atoms with Crippen molar-refractivity contribution >= 4 is 0 Å². The van der Waals surface area contributed by atoms with E-state index in [9.17, 15) is 0 Å². The molecular weight excluding hydrogens is 238 g/mol. The highest BCUT2D eigenvalue weighted by atomic mass is 16.5. The van der Waals surface area contributed by atoms with Gasteiger partial charge in [-0.15, -0.1) is 0 Å². The fourth-order valence-corrected chi connectivity index (χ4v) is 3.12. The van der Waals surface area contributed by atoms with Crippen molar-refractivity contribution in [1.29, 1.82) is 0 Å². The quantitative estimate of drug-likeness (QED) is 0.858. The van der Waals surface area contributed by atoms with E-state index in [2.05, 4.69) is 19.1 Å². The third-order valence-electron chi connectivity index (χ3n) is 4.15. The molecule has 0 spiro atoms. The van der Waals surface area contributed by atoms with Crippen LogP contribution in [0.4, 0.5) is 0 Å². The molecule has 2 N–H and O–H groups in total. The summed E-state index contributed by atoms with van der Waals surface area (Å²) < 4.78 is 11.3. The molecule has 0 aromatic heterocycles. The van der Waals surface area contributed by atoms with Crippen molar-refractivity contribution in [1.82, 2.24) is 0 Å². The molecule has 0 saturated heterocycles. The maximum Gasteiger partial charge on any atom is 0.119 e. The molecule has 0 heterocycles. The van der Waals surface area contributed by atoms with E-state index in [0.717, 1.165) is 31.6 Å². The summed E-state index contributed by atoms with van der Waals surface area (Å²) in [7, 11) is 1.69. The summed E-state index contributed by atoms with van der Waals surface area (Å²) >= 11 is 0. The number of methoxy groups -OCH3 is 1. The molecule has 106 valence electrons. The molecule has 1 aliphatic rings. The van der Waals surface area contributed by atoms with Crippen molar-refractivity contribution in [2.24, 2.45) is 5.73 Å². The van der Waals surface area contributed by atoms with Crippen molar-refractivity contribution in [3.8, 4) is 5.75 Å². The van der Waals surface area contributed by atoms with Crippen molar-refractivity contribution in [2.75, 3.05) is 13.7 Å². The Labute approximate surface area is 116 Å². The highest BCUT2D eigenvalue weighted by Crippen LogP contribution is 2.36. The topological polar surface area (TPSA) is 44.5 Å². The minimum atomic E-state index is -0.113. The predicted octanol–water partition coefficient (Wildman–Crippen LogP) is 2.91. The maximum atomic E-state index is 6.46. The molecule has 3 heteroatoms. The van der Waals surface area contributed by atoms with Crippen molar-refractivity contribution in [3.05, 3.63) is 29.8 Å². The molecule has 1 aliphatic carbocycles. The summed E-state index contributed by atoms with van der Waals surface area (Å²) in [5.41, 5.74) is 7.56. The van der Waals surface area contributed by atoms with Crippen LogP contribution in [-0.4, -0.2) is 25.4 Å². The highest BCUT2D eigenvalue weighted by molar-refractivity contribution is 5.29. The predicted molar refractivity (Wildman–Crippen MR) is 77.5 cm³/mol. The van der Waals surface area contributed by atoms with Gasteiger partial charge < -0.3 is 15.2 Å². The van der Waals surface area contributed by atoms with Crippen LogP contribution in [0.3, 0.4) is 0 Å². The van der Waals surface area contributed by atoms with Crippen LogP contribution in [-0.2, 0) is 11.2 Å². The lowest BCUT2D eigenvalue weighted by Gasteiger charge is -2.35. The Morgan fingerprint density at radius 1 is 1.32 bits per heavy atom. The van der Waals surface area contributed by atoms with Crippen molar-refractivity contribution < 1.29 is 9.47 Å². The molecule has 0 aliphatic heterocycles. The second-order valence-electron chi connectivity index (χ2n) is 5.37. The zero-order valence-corrected chi connectivity index (χ0v) is 12.0. The van der Waals surface area contributed by atoms with Gasteiger partial charge in [0, 0.05) is 12.6 Å². The number of hydrogen-bond donors (Lipinski definition) is 1. The van der Waals surface area contributed by atoms with Gasteiger partial charge in [-0.25, -0.2) is 0 Å². The first-order valence-electron chi connectivity index (χ1n) is 7.22. The molecule has 1 saturated carbocycles. The minimum absolute atomic E-state index is 0.0575. The van der Waals surface area contributed by atoms with Gasteiger partial charge in [0.1, 0.15) is 5.75 Å². The van der Waals surface area contributed by atoms with E-state index in [0.29, 0.717) is 0 Å². The largest absolute Gasteiger partial charge is 0.497 e. The molecular formula is C16H25NO2. The average Bonchev–Trinajstić information content (AvgIpc) is 2.89. The highest BCUT2D eigenvalue weighted by Gasteiger charge is 2.40. The van der Waals surface area contributed by atoms with Crippen LogP contribution in [0.2, 0.25) is 0 Å². The number of benzene rings is 1. The number of nitrogens with two attached hydrogens (primary N) is 1. The standard InChI is InChI=1S/C16H25NO2/c1-3-19-16(9-4-5-10-16)15(17)12-13-7-6-8-14(11-13)18-2/h6-8,11,15H,3-5,9-10,12,17H2,1-2H3. The van der Waals surface area contributed by atoms with Crippen LogP contribution in [0, 0.1) is 0 Å². The van der Waals surface area contributed by atoms with Crippen LogP contribution in [0.5, 0.6) is 5.75 Å². The molecule has 1 unspecified atom stereocenters. The summed E-state index contributed by atoms with van der Waals surface area (Å²) in [4.78, 5) is 0. The Morgan fingerprint density at radius 3 is 2.68 bits per heavy atom. The van der Waals surface area contributed by atoms with Crippen LogP contribution in [0.15, 0.2) is 24.3 Å². The Bertz CT molecular complexity index is 399. The summed E-state index contributed by atoms with van der Waals surface area (Å²) in [6.07, 6.45) is 5.48. The lowest BCUT2D eigenvalue weighted by molar-refractivity contribution is -0.0525. The Balaban J connectivity index is 2.07. The minimum Gasteiger partial charge on any atom is -0.497 e. The van der Waals surface area contributed by atoms with Crippen LogP contribution in [0.25, 0.3) is 0 Å². The maximum absolute atomic E-state index is 6.46. The van der Waals surface area contributed by atoms with Gasteiger partial charge >= 0.3 is 0 Å². The molecule has 2 rings (SSSR count). The fraction of sp³-hybridized carbons (Fsp3) is 0.625. The SMILES string of the molecule is CCOC1(C(N)Cc2cccc(OC)c2)CCCC1. The number of rotatable bonds is 6. The lowest BCUT2D eigenvalue weighted by atomic mass is 9.88. The average molecular weight is 263 g/mol. The Hall–Kier alpha value is -1.06. The van der Waals surface area contributed by atoms with Crippen LogP contribution < -0.4 is 10.5 Å². The molecule has 19 heavy (non-hydrogen) atoms. The molecule has 3 nitrogen and oxygen atoms in total. The van der Waals surface area contributed by atoms with Gasteiger partial charge in [-0.3, -0.25) is 0 Å². The Kier molecular flexibility index (Phi) is 4.83. The molecule has 1 fully saturated rings. The number of hydrogen-bond acceptors (Lipinski definition) is 3. The summed E-state index contributed by atoms with van der Waals surface area (Å²) in [5.74, 6) is 0.890. The second-order valence-corrected chi connectivity index (χ2v) is 5.37. The van der Waals surface area contributed by atoms with E-state index in [-0.39, 0.29) is 11.6 Å². The van der Waals surface area contributed by atoms with Gasteiger partial charge in [-0.05, 0) is 43.9 Å². The van der Waals surface area contributed by atoms with Gasteiger partial charge in [0.05, 0.1) is 12.7 Å². The van der Waals surface area contributed by atoms with E-state index < -0.39 is 0 Å². The van der Waals surface area contributed by atoms with Crippen molar-refractivity contribution in [3.63, 3.8) is 0 Å². The first-order chi connectivity index (χ1) is 9.20. The normalized spacial score (nSPS) is 19.3. The molecule has 0 radical (unpaired) electrons. The zero-order valence-electron chi connectivity index (χ0n) is 12.0. The number of ether oxygens (including phenoxy) is 2. The first-order valence-corrected chi connectivity index (χ1v) is 7.22. The van der Waals surface area contributed by atoms with E-state index >= 15 is 0 Å². The van der Waals surface area contributed by atoms with Gasteiger partial charge in [0.2, 0.25) is 0 Å². The van der Waals surface area contributed by atoms with E-state index in [1.54, 1.807) is 7.11 Å². The molecule has 1 atom stereocenters. The summed E-state index contributed by atoms with van der Waals surface area (Å²) in [6.45, 7) is 2.80. The monoisotopic (exact) mass is 263 g/mol. The second kappa shape index (κ2) is 6.40. The van der Waals surface area contributed by atoms with Crippen LogP contribution in [0.1, 0.15) is 38.2 Å². The molecule has 1 aromatic rings. The van der Waals surface area contributed by atoms with Gasteiger partial charge in [0.15, 0.2) is 0 Å². The Morgan fingerprint density at radius 2 is 2.05 bits per heavy atom. The fourth-order valence-electron chi connectivity index (χ4n) is 3.12. The van der Waals surface area contributed by atoms with E-state index in [1.807, 2.05) is 12.1 Å². The zero-order chi connectivity index (χ0) is 13.7. The smallest absolute Gasteiger partial charge is 0.119 e. The summed E-state index contributed by atoms with van der Waals surface area (Å²) in [5, 5.41) is 0. The third-order valence-corrected chi connectivity index (χ3v) is 4.15. The van der Waals surface area contributed by atoms with E-state index in [1.165, 1.54) is 18.4 Å². The van der Waals surface area contributed by atoms with Gasteiger partial charge in [-0.2, -0.15) is 0 Å². The van der Waals surface area contributed by atoms with Gasteiger partial charge in [-0.1, -0.05) is 25.0 Å². The third kappa shape index (κ3) is 3.28. The molecule has 1 aromatic carbocycles. The van der Waals surface area contributed by atoms with E-state index in [4.69, 9.17) is 15.2 Å². The summed E-state index contributed by atoms with van der Waals surface area (Å²) in [6, 6.07) is 8.21.